The van der Waals surface area contributed by atoms with Gasteiger partial charge in [0.2, 0.25) is 5.91 Å². The molecule has 3 aromatic rings. The second-order valence-corrected chi connectivity index (χ2v) is 8.02. The van der Waals surface area contributed by atoms with Gasteiger partial charge in [-0.1, -0.05) is 48.2 Å². The van der Waals surface area contributed by atoms with Crippen LogP contribution >= 0.6 is 23.1 Å². The Balaban J connectivity index is 1.43. The fourth-order valence-corrected chi connectivity index (χ4v) is 4.29. The van der Waals surface area contributed by atoms with Crippen LogP contribution in [0.4, 0.5) is 0 Å². The molecule has 0 atom stereocenters. The summed E-state index contributed by atoms with van der Waals surface area (Å²) in [6.45, 7) is 0.571. The lowest BCUT2D eigenvalue weighted by molar-refractivity contribution is -0.118. The number of nitrogens with one attached hydrogen (secondary N) is 1. The summed E-state index contributed by atoms with van der Waals surface area (Å²) in [5.41, 5.74) is 3.12. The highest BCUT2D eigenvalue weighted by molar-refractivity contribution is 8.01. The molecule has 1 amide bonds. The highest BCUT2D eigenvalue weighted by atomic mass is 32.2. The highest BCUT2D eigenvalue weighted by Gasteiger charge is 2.09. The molecule has 0 bridgehead atoms. The van der Waals surface area contributed by atoms with Crippen molar-refractivity contribution in [1.82, 2.24) is 10.3 Å². The molecular formula is C21H22N2O3S2. The van der Waals surface area contributed by atoms with E-state index in [2.05, 4.69) is 10.3 Å². The summed E-state index contributed by atoms with van der Waals surface area (Å²) in [5.74, 6) is 1.75. The van der Waals surface area contributed by atoms with Gasteiger partial charge in [0.25, 0.3) is 0 Å². The Labute approximate surface area is 173 Å². The molecule has 1 N–H and O–H groups in total. The Hall–Kier alpha value is -2.51. The van der Waals surface area contributed by atoms with E-state index < -0.39 is 0 Å². The number of aromatic nitrogens is 1. The van der Waals surface area contributed by atoms with E-state index >= 15 is 0 Å². The van der Waals surface area contributed by atoms with E-state index in [4.69, 9.17) is 9.47 Å². The maximum absolute atomic E-state index is 12.1. The molecule has 0 saturated heterocycles. The molecule has 0 radical (unpaired) electrons. The van der Waals surface area contributed by atoms with Gasteiger partial charge in [-0.15, -0.1) is 11.3 Å². The van der Waals surface area contributed by atoms with E-state index in [-0.39, 0.29) is 5.91 Å². The lowest BCUT2D eigenvalue weighted by atomic mass is 10.1. The first-order chi connectivity index (χ1) is 13.7. The zero-order chi connectivity index (χ0) is 19.8. The molecule has 0 unspecified atom stereocenters. The largest absolute Gasteiger partial charge is 0.493 e. The van der Waals surface area contributed by atoms with Crippen LogP contribution in [0.15, 0.2) is 58.3 Å². The van der Waals surface area contributed by atoms with Crippen molar-refractivity contribution >= 4 is 29.0 Å². The van der Waals surface area contributed by atoms with Crippen LogP contribution in [-0.2, 0) is 11.2 Å². The topological polar surface area (TPSA) is 60.5 Å². The molecule has 5 nitrogen and oxygen atoms in total. The van der Waals surface area contributed by atoms with Gasteiger partial charge < -0.3 is 14.8 Å². The maximum Gasteiger partial charge on any atom is 0.230 e. The quantitative estimate of drug-likeness (QED) is 0.530. The smallest absolute Gasteiger partial charge is 0.230 e. The minimum Gasteiger partial charge on any atom is -0.493 e. The number of thiazole rings is 1. The first-order valence-corrected chi connectivity index (χ1v) is 10.7. The van der Waals surface area contributed by atoms with Crippen LogP contribution in [0, 0.1) is 0 Å². The SMILES string of the molecule is COc1ccc(CCNC(=O)CSc2nc(-c3ccccc3)cs2)cc1OC. The third-order valence-electron chi connectivity index (χ3n) is 4.06. The second kappa shape index (κ2) is 10.1. The van der Waals surface area contributed by atoms with E-state index in [9.17, 15) is 4.79 Å². The summed E-state index contributed by atoms with van der Waals surface area (Å²) >= 11 is 3.02. The molecule has 2 aromatic carbocycles. The van der Waals surface area contributed by atoms with Crippen molar-refractivity contribution in [3.63, 3.8) is 0 Å². The van der Waals surface area contributed by atoms with Crippen molar-refractivity contribution in [2.24, 2.45) is 0 Å². The van der Waals surface area contributed by atoms with Crippen LogP contribution in [0.2, 0.25) is 0 Å². The number of amides is 1. The van der Waals surface area contributed by atoms with Crippen LogP contribution < -0.4 is 14.8 Å². The lowest BCUT2D eigenvalue weighted by Gasteiger charge is -2.10. The van der Waals surface area contributed by atoms with Crippen molar-refractivity contribution in [2.45, 2.75) is 10.8 Å². The predicted octanol–water partition coefficient (Wildman–Crippen LogP) is 4.28. The Morgan fingerprint density at radius 1 is 1.11 bits per heavy atom. The first kappa shape index (κ1) is 20.2. The summed E-state index contributed by atoms with van der Waals surface area (Å²) in [6.07, 6.45) is 0.728. The number of ether oxygens (including phenoxy) is 2. The van der Waals surface area contributed by atoms with Gasteiger partial charge in [0.05, 0.1) is 25.7 Å². The molecule has 0 aliphatic rings. The van der Waals surface area contributed by atoms with Crippen molar-refractivity contribution in [3.05, 3.63) is 59.5 Å². The fourth-order valence-electron chi connectivity index (χ4n) is 2.63. The molecule has 7 heteroatoms. The molecule has 1 heterocycles. The van der Waals surface area contributed by atoms with Gasteiger partial charge in [0.15, 0.2) is 15.8 Å². The highest BCUT2D eigenvalue weighted by Crippen LogP contribution is 2.28. The van der Waals surface area contributed by atoms with Gasteiger partial charge in [-0.25, -0.2) is 4.98 Å². The number of hydrogen-bond acceptors (Lipinski definition) is 6. The van der Waals surface area contributed by atoms with Gasteiger partial charge in [-0.3, -0.25) is 4.79 Å². The number of carbonyl (C=O) groups is 1. The van der Waals surface area contributed by atoms with Crippen molar-refractivity contribution in [3.8, 4) is 22.8 Å². The standard InChI is InChI=1S/C21H22N2O3S2/c1-25-18-9-8-15(12-19(18)26-2)10-11-22-20(24)14-28-21-23-17(13-27-21)16-6-4-3-5-7-16/h3-9,12-13H,10-11,14H2,1-2H3,(H,22,24). The van der Waals surface area contributed by atoms with E-state index in [0.717, 1.165) is 27.6 Å². The number of carbonyl (C=O) groups excluding carboxylic acids is 1. The molecule has 1 aromatic heterocycles. The number of nitrogens with zero attached hydrogens (tertiary/aromatic N) is 1. The van der Waals surface area contributed by atoms with Crippen LogP contribution in [0.3, 0.4) is 0 Å². The van der Waals surface area contributed by atoms with Crippen molar-refractivity contribution in [2.75, 3.05) is 26.5 Å². The summed E-state index contributed by atoms with van der Waals surface area (Å²) in [7, 11) is 3.23. The lowest BCUT2D eigenvalue weighted by Crippen LogP contribution is -2.27. The Morgan fingerprint density at radius 2 is 1.89 bits per heavy atom. The van der Waals surface area contributed by atoms with Gasteiger partial charge in [-0.05, 0) is 24.1 Å². The average Bonchev–Trinajstić information content (AvgIpc) is 3.22. The maximum atomic E-state index is 12.1. The Kier molecular flexibility index (Phi) is 7.33. The third-order valence-corrected chi connectivity index (χ3v) is 6.08. The number of benzene rings is 2. The molecule has 0 aliphatic heterocycles. The number of rotatable bonds is 9. The molecule has 28 heavy (non-hydrogen) atoms. The molecule has 3 rings (SSSR count). The van der Waals surface area contributed by atoms with Gasteiger partial charge in [0.1, 0.15) is 0 Å². The summed E-state index contributed by atoms with van der Waals surface area (Å²) < 4.78 is 11.4. The second-order valence-electron chi connectivity index (χ2n) is 5.94. The zero-order valence-corrected chi connectivity index (χ0v) is 17.4. The molecule has 0 aliphatic carbocycles. The van der Waals surface area contributed by atoms with Gasteiger partial charge in [-0.2, -0.15) is 0 Å². The number of methoxy groups -OCH3 is 2. The van der Waals surface area contributed by atoms with Crippen LogP contribution in [-0.4, -0.2) is 37.4 Å². The fraction of sp³-hybridized carbons (Fsp3) is 0.238. The minimum absolute atomic E-state index is 0.00179. The van der Waals surface area contributed by atoms with Crippen LogP contribution in [0.25, 0.3) is 11.3 Å². The molecular weight excluding hydrogens is 392 g/mol. The molecule has 0 saturated carbocycles. The van der Waals surface area contributed by atoms with E-state index in [1.807, 2.05) is 53.9 Å². The Morgan fingerprint density at radius 3 is 2.64 bits per heavy atom. The molecule has 0 fully saturated rings. The van der Waals surface area contributed by atoms with Crippen molar-refractivity contribution in [1.29, 1.82) is 0 Å². The van der Waals surface area contributed by atoms with Gasteiger partial charge in [0, 0.05) is 17.5 Å². The Bertz CT molecular complexity index is 913. The van der Waals surface area contributed by atoms with E-state index in [1.165, 1.54) is 11.8 Å². The first-order valence-electron chi connectivity index (χ1n) is 8.81. The van der Waals surface area contributed by atoms with Gasteiger partial charge >= 0.3 is 0 Å². The monoisotopic (exact) mass is 414 g/mol. The van der Waals surface area contributed by atoms with Crippen molar-refractivity contribution < 1.29 is 14.3 Å². The third kappa shape index (κ3) is 5.50. The molecule has 0 spiro atoms. The summed E-state index contributed by atoms with van der Waals surface area (Å²) in [4.78, 5) is 16.7. The predicted molar refractivity (Wildman–Crippen MR) is 115 cm³/mol. The molecule has 146 valence electrons. The number of hydrogen-bond donors (Lipinski definition) is 1. The average molecular weight is 415 g/mol. The zero-order valence-electron chi connectivity index (χ0n) is 15.8. The number of thioether (sulfide) groups is 1. The minimum atomic E-state index is 0.00179. The summed E-state index contributed by atoms with van der Waals surface area (Å²) in [5, 5.41) is 4.97. The normalized spacial score (nSPS) is 10.5. The van der Waals surface area contributed by atoms with E-state index in [0.29, 0.717) is 23.8 Å². The van der Waals surface area contributed by atoms with Crippen LogP contribution in [0.1, 0.15) is 5.56 Å². The van der Waals surface area contributed by atoms with E-state index in [1.54, 1.807) is 25.6 Å². The van der Waals surface area contributed by atoms with Crippen LogP contribution in [0.5, 0.6) is 11.5 Å². The summed E-state index contributed by atoms with van der Waals surface area (Å²) in [6, 6.07) is 15.8.